The van der Waals surface area contributed by atoms with E-state index < -0.39 is 0 Å². The van der Waals surface area contributed by atoms with Gasteiger partial charge in [-0.05, 0) is 243 Å². The number of hydrogen-bond acceptors (Lipinski definition) is 3. The van der Waals surface area contributed by atoms with Gasteiger partial charge in [0.15, 0.2) is 0 Å². The van der Waals surface area contributed by atoms with Crippen molar-refractivity contribution < 1.29 is 8.83 Å². The average molecular weight is 1620 g/mol. The van der Waals surface area contributed by atoms with Crippen molar-refractivity contribution in [3.05, 3.63) is 316 Å². The number of fused-ring (bicyclic) bond motifs is 26. The van der Waals surface area contributed by atoms with Gasteiger partial charge in [0.1, 0.15) is 22.3 Å². The predicted octanol–water partition coefficient (Wildman–Crippen LogP) is 36.0. The van der Waals surface area contributed by atoms with Crippen LogP contribution in [-0.2, 0) is 27.1 Å². The zero-order valence-corrected chi connectivity index (χ0v) is 75.1. The Morgan fingerprint density at radius 2 is 0.621 bits per heavy atom. The molecule has 0 N–H and O–H groups in total. The lowest BCUT2D eigenvalue weighted by Crippen LogP contribution is -2.26. The highest BCUT2D eigenvalue weighted by atomic mass is 16.3. The van der Waals surface area contributed by atoms with Crippen molar-refractivity contribution in [2.75, 3.05) is 4.90 Å². The Morgan fingerprint density at radius 3 is 1.21 bits per heavy atom. The van der Waals surface area contributed by atoms with E-state index >= 15 is 0 Å². The molecule has 3 heteroatoms. The molecule has 0 saturated heterocycles. The second-order valence-electron chi connectivity index (χ2n) is 39.4. The van der Waals surface area contributed by atoms with Gasteiger partial charge in [-0.2, -0.15) is 0 Å². The van der Waals surface area contributed by atoms with Crippen LogP contribution in [0.1, 0.15) is 279 Å². The topological polar surface area (TPSA) is 29.5 Å². The molecule has 622 valence electrons. The molecule has 5 aliphatic carbocycles. The zero-order valence-electron chi connectivity index (χ0n) is 75.1. The number of nitrogens with zero attached hydrogens (tertiary/aromatic N) is 1. The minimum absolute atomic E-state index is 0.0387. The van der Waals surface area contributed by atoms with Crippen LogP contribution in [0.15, 0.2) is 270 Å². The van der Waals surface area contributed by atoms with Gasteiger partial charge in [-0.3, -0.25) is 0 Å². The second kappa shape index (κ2) is 31.8. The minimum Gasteiger partial charge on any atom is -0.455 e. The Morgan fingerprint density at radius 1 is 0.242 bits per heavy atom. The van der Waals surface area contributed by atoms with Crippen LogP contribution in [0.3, 0.4) is 0 Å². The van der Waals surface area contributed by atoms with Gasteiger partial charge in [0, 0.05) is 76.8 Å². The second-order valence-corrected chi connectivity index (χ2v) is 39.4. The van der Waals surface area contributed by atoms with Gasteiger partial charge >= 0.3 is 0 Å². The quantitative estimate of drug-likeness (QED) is 0.0420. The van der Waals surface area contributed by atoms with Crippen molar-refractivity contribution in [2.24, 2.45) is 0 Å². The highest BCUT2D eigenvalue weighted by molar-refractivity contribution is 6.22. The summed E-state index contributed by atoms with van der Waals surface area (Å²) < 4.78 is 14.6. The molecule has 0 aliphatic heterocycles. The van der Waals surface area contributed by atoms with Crippen molar-refractivity contribution in [1.29, 1.82) is 0 Å². The van der Waals surface area contributed by atoms with E-state index in [1.165, 1.54) is 300 Å². The fourth-order valence-corrected chi connectivity index (χ4v) is 24.6. The molecule has 0 unspecified atom stereocenters. The summed E-state index contributed by atoms with van der Waals surface area (Å²) in [5.74, 6) is 0. The van der Waals surface area contributed by atoms with Crippen molar-refractivity contribution in [3.63, 3.8) is 0 Å². The van der Waals surface area contributed by atoms with Crippen molar-refractivity contribution in [3.8, 4) is 89.0 Å². The van der Waals surface area contributed by atoms with Gasteiger partial charge < -0.3 is 13.7 Å². The van der Waals surface area contributed by atoms with Crippen molar-refractivity contribution >= 4 is 71.7 Å². The lowest BCUT2D eigenvalue weighted by molar-refractivity contribution is 0.399. The lowest BCUT2D eigenvalue weighted by Gasteiger charge is -2.35. The fraction of sp³-hybridized carbons (Fsp3) is 0.322. The molecular weight excluding hydrogens is 1500 g/mol. The van der Waals surface area contributed by atoms with E-state index in [4.69, 9.17) is 8.83 Å². The molecule has 124 heavy (non-hydrogen) atoms. The highest BCUT2D eigenvalue weighted by Crippen LogP contribution is 2.66. The molecule has 5 aliphatic rings. The summed E-state index contributed by atoms with van der Waals surface area (Å²) in [5.41, 5.74) is 41.6. The molecule has 0 spiro atoms. The summed E-state index contributed by atoms with van der Waals surface area (Å²) >= 11 is 0. The molecule has 0 radical (unpaired) electrons. The number of furan rings is 2. The van der Waals surface area contributed by atoms with Crippen LogP contribution in [0.25, 0.3) is 144 Å². The van der Waals surface area contributed by atoms with Crippen LogP contribution in [0, 0.1) is 0 Å². The van der Waals surface area contributed by atoms with E-state index in [0.717, 1.165) is 59.4 Å². The maximum atomic E-state index is 7.41. The van der Waals surface area contributed by atoms with E-state index in [1.807, 2.05) is 0 Å². The fourth-order valence-electron chi connectivity index (χ4n) is 24.6. The van der Waals surface area contributed by atoms with Gasteiger partial charge in [0.05, 0.1) is 0 Å². The highest BCUT2D eigenvalue weighted by Gasteiger charge is 2.51. The first-order chi connectivity index (χ1) is 60.6. The monoisotopic (exact) mass is 1620 g/mol. The van der Waals surface area contributed by atoms with Gasteiger partial charge in [0.2, 0.25) is 0 Å². The third-order valence-electron chi connectivity index (χ3n) is 31.0. The molecular formula is C121H121NO2. The molecule has 2 heterocycles. The largest absolute Gasteiger partial charge is 0.455 e. The van der Waals surface area contributed by atoms with Crippen LogP contribution in [0.2, 0.25) is 0 Å². The molecule has 0 bridgehead atoms. The lowest BCUT2D eigenvalue weighted by atomic mass is 9.70. The summed E-state index contributed by atoms with van der Waals surface area (Å²) in [4.78, 5) is 2.62. The SMILES string of the molecule is CCCCCCCC1(CCCCCCC)c2ccccc2-c2ccc(-c3ccc4c(c3)C(C)(C)c3cc(-c5ccc(-c6cc7c(c8c6oc6ccccc68)-c6ccc(N(c8ccc9c(c8)C(C)(C)c8c%10c(c%11oc%12ccccc%12c%11c8-9)-c8ccccc8C%10(C)C)c8ccc9ccccc9c8)cc6C7(CCCCCCC)CCCCCCC)cc5)ccc3-4)cc21. The Bertz CT molecular complexity index is 6830. The minimum atomic E-state index is -0.376. The molecule has 2 aromatic heterocycles. The van der Waals surface area contributed by atoms with E-state index in [9.17, 15) is 0 Å². The summed E-state index contributed by atoms with van der Waals surface area (Å²) in [7, 11) is 0. The molecule has 3 nitrogen and oxygen atoms in total. The zero-order chi connectivity index (χ0) is 84.4. The number of unbranched alkanes of at least 4 members (excludes halogenated alkanes) is 16. The Labute approximate surface area is 736 Å². The van der Waals surface area contributed by atoms with E-state index in [-0.39, 0.29) is 27.1 Å². The first kappa shape index (κ1) is 79.9. The van der Waals surface area contributed by atoms with Crippen LogP contribution >= 0.6 is 0 Å². The molecule has 0 saturated carbocycles. The molecule has 0 amide bonds. The van der Waals surface area contributed by atoms with Gasteiger partial charge in [0.25, 0.3) is 0 Å². The van der Waals surface area contributed by atoms with Crippen LogP contribution in [0.5, 0.6) is 0 Å². The Balaban J connectivity index is 0.669. The number of hydrogen-bond donors (Lipinski definition) is 0. The van der Waals surface area contributed by atoms with E-state index in [0.29, 0.717) is 0 Å². The van der Waals surface area contributed by atoms with Gasteiger partial charge in [-0.15, -0.1) is 0 Å². The molecule has 0 atom stereocenters. The first-order valence-corrected chi connectivity index (χ1v) is 47.9. The number of para-hydroxylation sites is 2. The number of anilines is 3. The Kier molecular flexibility index (Phi) is 20.5. The van der Waals surface area contributed by atoms with Gasteiger partial charge in [-0.25, -0.2) is 0 Å². The average Bonchev–Trinajstić information content (AvgIpc) is 1.50. The third-order valence-corrected chi connectivity index (χ3v) is 31.0. The molecule has 0 fully saturated rings. The van der Waals surface area contributed by atoms with E-state index in [2.05, 4.69) is 335 Å². The summed E-state index contributed by atoms with van der Waals surface area (Å²) in [6, 6.07) is 102. The maximum Gasteiger partial charge on any atom is 0.144 e. The first-order valence-electron chi connectivity index (χ1n) is 47.9. The third kappa shape index (κ3) is 12.7. The summed E-state index contributed by atoms with van der Waals surface area (Å²) in [6.45, 7) is 24.2. The number of benzene rings is 14. The summed E-state index contributed by atoms with van der Waals surface area (Å²) in [6.07, 6.45) is 29.8. The van der Waals surface area contributed by atoms with Crippen LogP contribution < -0.4 is 4.90 Å². The van der Waals surface area contributed by atoms with E-state index in [1.54, 1.807) is 11.1 Å². The normalized spacial score (nSPS) is 15.1. The van der Waals surface area contributed by atoms with Gasteiger partial charge in [-0.1, -0.05) is 386 Å². The summed E-state index contributed by atoms with van der Waals surface area (Å²) in [5, 5.41) is 7.29. The standard InChI is InChI=1S/C121H121NO2/c1-11-15-19-23-37-67-120(68-38-24-20-16-12-2)99-48-34-29-43-88(99)91-64-58-84(74-103(91)120)83-57-63-90-89-62-56-82(72-100(89)117(5,6)101(90)73-83)79-51-53-80(54-52-79)97-77-105-108(110-95-45-31-35-49-106(95)123-115(97)110)94-66-61-87(76-104(94)121(105,69-39-25-21-17-13-3)70-40-26-22-18-14-4)122(85-59-55-78-41-27-28-42-81(78)71-85)86-60-65-93-102(75-86)119(9,10)113-109(93)111-96-46-32-36-50-107(96)124-116(111)112-92-44-30-33-47-98(92)118(7,8)114(112)113/h27-36,41-66,71-77H,11-26,37-40,67-70H2,1-10H3. The predicted molar refractivity (Wildman–Crippen MR) is 528 cm³/mol. The van der Waals surface area contributed by atoms with Crippen LogP contribution in [-0.4, -0.2) is 0 Å². The van der Waals surface area contributed by atoms with Crippen molar-refractivity contribution in [1.82, 2.24) is 0 Å². The number of rotatable bonds is 30. The Hall–Kier alpha value is -11.3. The molecule has 21 rings (SSSR count). The molecule has 14 aromatic carbocycles. The maximum absolute atomic E-state index is 7.41. The van der Waals surface area contributed by atoms with Crippen LogP contribution in [0.4, 0.5) is 17.1 Å². The molecule has 16 aromatic rings. The van der Waals surface area contributed by atoms with Crippen molar-refractivity contribution in [2.45, 2.75) is 250 Å². The smallest absolute Gasteiger partial charge is 0.144 e.